The van der Waals surface area contributed by atoms with Crippen LogP contribution >= 0.6 is 15.9 Å². The second-order valence-electron chi connectivity index (χ2n) is 6.32. The lowest BCUT2D eigenvalue weighted by Crippen LogP contribution is -2.12. The first kappa shape index (κ1) is 18.7. The summed E-state index contributed by atoms with van der Waals surface area (Å²) in [5.74, 6) is 0.323. The minimum absolute atomic E-state index is 0.134. The highest BCUT2D eigenvalue weighted by Gasteiger charge is 2.24. The number of nitrogens with one attached hydrogen (secondary N) is 1. The summed E-state index contributed by atoms with van der Waals surface area (Å²) < 4.78 is 6.83. The van der Waals surface area contributed by atoms with Crippen molar-refractivity contribution in [3.63, 3.8) is 0 Å². The SMILES string of the molecule is N#Cc1c(NC(=O)c2cccc(Br)c2)oc(-c2ccccc2)c1-c1ccccc1. The van der Waals surface area contributed by atoms with Gasteiger partial charge in [0.05, 0.1) is 0 Å². The number of anilines is 1. The second-order valence-corrected chi connectivity index (χ2v) is 7.23. The molecule has 0 aliphatic heterocycles. The molecule has 0 bridgehead atoms. The van der Waals surface area contributed by atoms with E-state index in [1.165, 1.54) is 0 Å². The van der Waals surface area contributed by atoms with E-state index in [1.807, 2.05) is 66.7 Å². The first-order valence-corrected chi connectivity index (χ1v) is 9.71. The predicted molar refractivity (Wildman–Crippen MR) is 116 cm³/mol. The van der Waals surface area contributed by atoms with Gasteiger partial charge < -0.3 is 4.42 Å². The molecular formula is C24H15BrN2O2. The van der Waals surface area contributed by atoms with Crippen LogP contribution in [0.1, 0.15) is 15.9 Å². The average Bonchev–Trinajstić information content (AvgIpc) is 3.13. The molecule has 0 unspecified atom stereocenters. The van der Waals surface area contributed by atoms with Gasteiger partial charge in [-0.1, -0.05) is 82.7 Å². The number of hydrogen-bond acceptors (Lipinski definition) is 3. The van der Waals surface area contributed by atoms with Crippen molar-refractivity contribution in [3.8, 4) is 28.5 Å². The maximum atomic E-state index is 12.7. The van der Waals surface area contributed by atoms with Crippen LogP contribution in [0.15, 0.2) is 93.8 Å². The molecular weight excluding hydrogens is 428 g/mol. The lowest BCUT2D eigenvalue weighted by atomic mass is 9.98. The molecule has 0 radical (unpaired) electrons. The Balaban J connectivity index is 1.84. The van der Waals surface area contributed by atoms with Gasteiger partial charge in [0.2, 0.25) is 5.88 Å². The molecule has 0 saturated heterocycles. The Morgan fingerprint density at radius 1 is 0.897 bits per heavy atom. The zero-order valence-electron chi connectivity index (χ0n) is 15.2. The summed E-state index contributed by atoms with van der Waals surface area (Å²) in [4.78, 5) is 12.7. The van der Waals surface area contributed by atoms with E-state index in [9.17, 15) is 10.1 Å². The Morgan fingerprint density at radius 2 is 1.55 bits per heavy atom. The van der Waals surface area contributed by atoms with Crippen molar-refractivity contribution in [2.24, 2.45) is 0 Å². The van der Waals surface area contributed by atoms with Gasteiger partial charge in [0.25, 0.3) is 5.91 Å². The minimum atomic E-state index is -0.351. The van der Waals surface area contributed by atoms with Gasteiger partial charge in [0.15, 0.2) is 0 Å². The van der Waals surface area contributed by atoms with E-state index in [4.69, 9.17) is 4.42 Å². The van der Waals surface area contributed by atoms with E-state index in [0.717, 1.165) is 15.6 Å². The second kappa shape index (κ2) is 8.17. The summed E-state index contributed by atoms with van der Waals surface area (Å²) in [5, 5.41) is 12.6. The Labute approximate surface area is 176 Å². The van der Waals surface area contributed by atoms with Crippen LogP contribution in [0.2, 0.25) is 0 Å². The molecule has 0 fully saturated rings. The standard InChI is InChI=1S/C24H15BrN2O2/c25-19-13-7-12-18(14-19)23(28)27-24-20(15-26)21(16-8-3-1-4-9-16)22(29-24)17-10-5-2-6-11-17/h1-14H,(H,27,28). The highest BCUT2D eigenvalue weighted by Crippen LogP contribution is 2.41. The van der Waals surface area contributed by atoms with Crippen LogP contribution < -0.4 is 5.32 Å². The van der Waals surface area contributed by atoms with E-state index in [0.29, 0.717) is 22.5 Å². The zero-order valence-corrected chi connectivity index (χ0v) is 16.8. The van der Waals surface area contributed by atoms with Gasteiger partial charge in [-0.15, -0.1) is 0 Å². The lowest BCUT2D eigenvalue weighted by molar-refractivity contribution is 0.102. The summed E-state index contributed by atoms with van der Waals surface area (Å²) in [7, 11) is 0. The van der Waals surface area contributed by atoms with Crippen LogP contribution in [-0.4, -0.2) is 5.91 Å². The fourth-order valence-electron chi connectivity index (χ4n) is 3.10. The first-order valence-electron chi connectivity index (χ1n) is 8.92. The summed E-state index contributed by atoms with van der Waals surface area (Å²) in [6, 6.07) is 28.3. The van der Waals surface area contributed by atoms with Crippen LogP contribution in [0.3, 0.4) is 0 Å². The van der Waals surface area contributed by atoms with Crippen molar-refractivity contribution in [2.45, 2.75) is 0 Å². The third kappa shape index (κ3) is 3.84. The van der Waals surface area contributed by atoms with E-state index in [2.05, 4.69) is 27.3 Å². The van der Waals surface area contributed by atoms with Crippen molar-refractivity contribution >= 4 is 27.7 Å². The normalized spacial score (nSPS) is 10.3. The number of benzene rings is 3. The number of halogens is 1. The number of hydrogen-bond donors (Lipinski definition) is 1. The molecule has 0 atom stereocenters. The number of amides is 1. The number of carbonyl (C=O) groups is 1. The van der Waals surface area contributed by atoms with Gasteiger partial charge in [0.1, 0.15) is 17.4 Å². The molecule has 0 saturated carbocycles. The highest BCUT2D eigenvalue weighted by atomic mass is 79.9. The zero-order chi connectivity index (χ0) is 20.2. The molecule has 140 valence electrons. The number of nitrogens with zero attached hydrogens (tertiary/aromatic N) is 1. The first-order chi connectivity index (χ1) is 14.2. The van der Waals surface area contributed by atoms with Crippen molar-refractivity contribution in [3.05, 3.63) is 101 Å². The van der Waals surface area contributed by atoms with Crippen molar-refractivity contribution in [1.29, 1.82) is 5.26 Å². The highest BCUT2D eigenvalue weighted by molar-refractivity contribution is 9.10. The molecule has 0 spiro atoms. The molecule has 5 heteroatoms. The third-order valence-electron chi connectivity index (χ3n) is 4.43. The summed E-state index contributed by atoms with van der Waals surface area (Å²) in [5.41, 5.74) is 3.07. The van der Waals surface area contributed by atoms with Crippen LogP contribution in [0, 0.1) is 11.3 Å². The van der Waals surface area contributed by atoms with Crippen LogP contribution in [-0.2, 0) is 0 Å². The van der Waals surface area contributed by atoms with E-state index < -0.39 is 0 Å². The Kier molecular flexibility index (Phi) is 5.28. The maximum absolute atomic E-state index is 12.7. The fourth-order valence-corrected chi connectivity index (χ4v) is 3.50. The largest absolute Gasteiger partial charge is 0.438 e. The Bertz CT molecular complexity index is 1210. The van der Waals surface area contributed by atoms with Crippen molar-refractivity contribution < 1.29 is 9.21 Å². The van der Waals surface area contributed by atoms with Crippen LogP contribution in [0.5, 0.6) is 0 Å². The van der Waals surface area contributed by atoms with Crippen LogP contribution in [0.4, 0.5) is 5.88 Å². The summed E-state index contributed by atoms with van der Waals surface area (Å²) >= 11 is 3.37. The molecule has 4 nitrogen and oxygen atoms in total. The van der Waals surface area contributed by atoms with Crippen molar-refractivity contribution in [1.82, 2.24) is 0 Å². The maximum Gasteiger partial charge on any atom is 0.258 e. The fraction of sp³-hybridized carbons (Fsp3) is 0. The Morgan fingerprint density at radius 3 is 2.17 bits per heavy atom. The van der Waals surface area contributed by atoms with E-state index >= 15 is 0 Å². The molecule has 3 aromatic carbocycles. The average molecular weight is 443 g/mol. The molecule has 0 aliphatic carbocycles. The van der Waals surface area contributed by atoms with Gasteiger partial charge in [-0.05, 0) is 23.8 Å². The molecule has 4 aromatic rings. The molecule has 1 aromatic heterocycles. The number of carbonyl (C=O) groups excluding carboxylic acids is 1. The monoisotopic (exact) mass is 442 g/mol. The topological polar surface area (TPSA) is 66.0 Å². The van der Waals surface area contributed by atoms with E-state index in [-0.39, 0.29) is 11.8 Å². The van der Waals surface area contributed by atoms with Crippen molar-refractivity contribution in [2.75, 3.05) is 5.32 Å². The summed E-state index contributed by atoms with van der Waals surface area (Å²) in [6.45, 7) is 0. The van der Waals surface area contributed by atoms with Crippen LogP contribution in [0.25, 0.3) is 22.5 Å². The molecule has 1 amide bonds. The van der Waals surface area contributed by atoms with E-state index in [1.54, 1.807) is 18.2 Å². The van der Waals surface area contributed by atoms with Gasteiger partial charge in [-0.2, -0.15) is 5.26 Å². The number of furan rings is 1. The smallest absolute Gasteiger partial charge is 0.258 e. The van der Waals surface area contributed by atoms with Gasteiger partial charge in [-0.25, -0.2) is 0 Å². The van der Waals surface area contributed by atoms with Gasteiger partial charge in [0, 0.05) is 21.2 Å². The molecule has 4 rings (SSSR count). The quantitative estimate of drug-likeness (QED) is 0.392. The Hall–Kier alpha value is -3.62. The minimum Gasteiger partial charge on any atom is -0.438 e. The predicted octanol–water partition coefficient (Wildman–Crippen LogP) is 6.50. The lowest BCUT2D eigenvalue weighted by Gasteiger charge is -2.03. The number of rotatable bonds is 4. The third-order valence-corrected chi connectivity index (χ3v) is 4.93. The van der Waals surface area contributed by atoms with Gasteiger partial charge in [-0.3, -0.25) is 10.1 Å². The molecule has 0 aliphatic rings. The number of nitriles is 1. The summed E-state index contributed by atoms with van der Waals surface area (Å²) in [6.07, 6.45) is 0. The molecule has 1 N–H and O–H groups in total. The van der Waals surface area contributed by atoms with Gasteiger partial charge >= 0.3 is 0 Å². The molecule has 1 heterocycles. The molecule has 29 heavy (non-hydrogen) atoms.